The van der Waals surface area contributed by atoms with Crippen LogP contribution in [0.25, 0.3) is 0 Å². The third kappa shape index (κ3) is 3.12. The van der Waals surface area contributed by atoms with Crippen LogP contribution in [0.3, 0.4) is 0 Å². The van der Waals surface area contributed by atoms with Crippen LogP contribution in [-0.2, 0) is 4.74 Å². The molecule has 2 heterocycles. The fourth-order valence-corrected chi connectivity index (χ4v) is 1.84. The van der Waals surface area contributed by atoms with E-state index in [4.69, 9.17) is 20.4 Å². The minimum Gasteiger partial charge on any atom is -0.474 e. The molecule has 20 heavy (non-hydrogen) atoms. The Kier molecular flexibility index (Phi) is 4.31. The molecule has 3 N–H and O–H groups in total. The summed E-state index contributed by atoms with van der Waals surface area (Å²) in [6.45, 7) is 0.950. The molecule has 0 radical (unpaired) electrons. The minimum absolute atomic E-state index is 0.0351. The largest absolute Gasteiger partial charge is 0.474 e. The Morgan fingerprint density at radius 2 is 2.55 bits per heavy atom. The zero-order valence-corrected chi connectivity index (χ0v) is 10.6. The summed E-state index contributed by atoms with van der Waals surface area (Å²) in [6, 6.07) is 1.15. The van der Waals surface area contributed by atoms with Crippen LogP contribution in [-0.4, -0.2) is 40.3 Å². The number of oxime groups is 1. The summed E-state index contributed by atoms with van der Waals surface area (Å²) in [5.74, 6) is -0.232. The molecule has 1 aromatic rings. The van der Waals surface area contributed by atoms with Crippen molar-refractivity contribution in [3.05, 3.63) is 27.9 Å². The van der Waals surface area contributed by atoms with E-state index in [2.05, 4.69) is 10.1 Å². The average molecular weight is 282 g/mol. The molecule has 1 atom stereocenters. The first kappa shape index (κ1) is 14.0. The van der Waals surface area contributed by atoms with E-state index in [9.17, 15) is 10.1 Å². The number of aromatic nitrogens is 1. The summed E-state index contributed by atoms with van der Waals surface area (Å²) >= 11 is 0. The van der Waals surface area contributed by atoms with Crippen LogP contribution in [0.1, 0.15) is 18.4 Å². The van der Waals surface area contributed by atoms with Crippen molar-refractivity contribution in [2.75, 3.05) is 13.2 Å². The lowest BCUT2D eigenvalue weighted by atomic mass is 10.2. The molecule has 0 spiro atoms. The van der Waals surface area contributed by atoms with Crippen molar-refractivity contribution in [3.63, 3.8) is 0 Å². The lowest BCUT2D eigenvalue weighted by Gasteiger charge is -2.12. The summed E-state index contributed by atoms with van der Waals surface area (Å²) in [5, 5.41) is 22.2. The Bertz CT molecular complexity index is 528. The van der Waals surface area contributed by atoms with Gasteiger partial charge in [0.05, 0.1) is 16.6 Å². The maximum atomic E-state index is 10.7. The Hall–Kier alpha value is -2.42. The van der Waals surface area contributed by atoms with Gasteiger partial charge in [-0.2, -0.15) is 0 Å². The molecular weight excluding hydrogens is 268 g/mol. The first-order valence-electron chi connectivity index (χ1n) is 5.98. The summed E-state index contributed by atoms with van der Waals surface area (Å²) in [5.41, 5.74) is 5.28. The Morgan fingerprint density at radius 1 is 1.75 bits per heavy atom. The van der Waals surface area contributed by atoms with Gasteiger partial charge in [0.1, 0.15) is 12.8 Å². The van der Waals surface area contributed by atoms with Crippen molar-refractivity contribution in [1.29, 1.82) is 0 Å². The summed E-state index contributed by atoms with van der Waals surface area (Å²) in [7, 11) is 0. The molecule has 2 rings (SSSR count). The zero-order valence-electron chi connectivity index (χ0n) is 10.6. The maximum Gasteiger partial charge on any atom is 0.288 e. The molecule has 0 saturated carbocycles. The van der Waals surface area contributed by atoms with Crippen LogP contribution in [0, 0.1) is 10.1 Å². The number of rotatable bonds is 5. The second kappa shape index (κ2) is 6.15. The number of hydrogen-bond acceptors (Lipinski definition) is 7. The molecule has 0 bridgehead atoms. The number of nitro groups is 1. The van der Waals surface area contributed by atoms with Crippen molar-refractivity contribution in [2.24, 2.45) is 10.9 Å². The van der Waals surface area contributed by atoms with Gasteiger partial charge in [-0.25, -0.2) is 4.98 Å². The van der Waals surface area contributed by atoms with Crippen molar-refractivity contribution < 1.29 is 19.6 Å². The summed E-state index contributed by atoms with van der Waals surface area (Å²) in [6.07, 6.45) is 2.87. The molecule has 0 aromatic carbocycles. The van der Waals surface area contributed by atoms with Crippen LogP contribution >= 0.6 is 0 Å². The zero-order chi connectivity index (χ0) is 14.5. The lowest BCUT2D eigenvalue weighted by Crippen LogP contribution is -2.20. The van der Waals surface area contributed by atoms with E-state index in [0.717, 1.165) is 25.1 Å². The van der Waals surface area contributed by atoms with Crippen LogP contribution in [0.5, 0.6) is 5.88 Å². The van der Waals surface area contributed by atoms with E-state index in [0.29, 0.717) is 6.61 Å². The van der Waals surface area contributed by atoms with Gasteiger partial charge < -0.3 is 20.4 Å². The van der Waals surface area contributed by atoms with Crippen LogP contribution in [0.2, 0.25) is 0 Å². The molecule has 1 fully saturated rings. The smallest absolute Gasteiger partial charge is 0.288 e. The van der Waals surface area contributed by atoms with Gasteiger partial charge in [-0.05, 0) is 12.8 Å². The van der Waals surface area contributed by atoms with Gasteiger partial charge in [-0.1, -0.05) is 5.16 Å². The lowest BCUT2D eigenvalue weighted by molar-refractivity contribution is -0.385. The molecule has 9 heteroatoms. The second-order valence-corrected chi connectivity index (χ2v) is 4.23. The highest BCUT2D eigenvalue weighted by molar-refractivity contribution is 5.99. The highest BCUT2D eigenvalue weighted by Crippen LogP contribution is 2.22. The fraction of sp³-hybridized carbons (Fsp3) is 0.455. The van der Waals surface area contributed by atoms with Crippen molar-refractivity contribution in [1.82, 2.24) is 4.98 Å². The van der Waals surface area contributed by atoms with Gasteiger partial charge in [-0.15, -0.1) is 0 Å². The van der Waals surface area contributed by atoms with Gasteiger partial charge in [0, 0.05) is 12.7 Å². The van der Waals surface area contributed by atoms with E-state index in [1.165, 1.54) is 0 Å². The molecule has 1 aromatic heterocycles. The average Bonchev–Trinajstić information content (AvgIpc) is 2.97. The molecule has 1 aliphatic rings. The predicted molar refractivity (Wildman–Crippen MR) is 67.9 cm³/mol. The Labute approximate surface area is 114 Å². The third-order valence-electron chi connectivity index (χ3n) is 2.86. The van der Waals surface area contributed by atoms with Crippen molar-refractivity contribution in [3.8, 4) is 5.88 Å². The van der Waals surface area contributed by atoms with Crippen molar-refractivity contribution in [2.45, 2.75) is 18.9 Å². The summed E-state index contributed by atoms with van der Waals surface area (Å²) < 4.78 is 10.8. The first-order valence-corrected chi connectivity index (χ1v) is 5.98. The Balaban J connectivity index is 2.19. The quantitative estimate of drug-likeness (QED) is 0.266. The Morgan fingerprint density at radius 3 is 3.15 bits per heavy atom. The topological polar surface area (TPSA) is 133 Å². The van der Waals surface area contributed by atoms with Crippen LogP contribution in [0.4, 0.5) is 5.69 Å². The second-order valence-electron chi connectivity index (χ2n) is 4.23. The van der Waals surface area contributed by atoms with Crippen LogP contribution in [0.15, 0.2) is 17.4 Å². The van der Waals surface area contributed by atoms with E-state index in [1.54, 1.807) is 0 Å². The first-order chi connectivity index (χ1) is 9.61. The standard InChI is InChI=1S/C11H14N4O5/c12-10(14-16)9-4-7(15(17)18)5-13-11(9)20-6-8-2-1-3-19-8/h4-5,8,16H,1-3,6H2,(H2,12,14). The monoisotopic (exact) mass is 282 g/mol. The van der Waals surface area contributed by atoms with Gasteiger partial charge in [0.25, 0.3) is 5.69 Å². The molecule has 9 nitrogen and oxygen atoms in total. The van der Waals surface area contributed by atoms with Crippen LogP contribution < -0.4 is 10.5 Å². The number of pyridine rings is 1. The van der Waals surface area contributed by atoms with Crippen molar-refractivity contribution >= 4 is 11.5 Å². The van der Waals surface area contributed by atoms with Gasteiger partial charge >= 0.3 is 0 Å². The van der Waals surface area contributed by atoms with E-state index in [1.807, 2.05) is 0 Å². The fourth-order valence-electron chi connectivity index (χ4n) is 1.84. The normalized spacial score (nSPS) is 19.0. The molecule has 0 aliphatic carbocycles. The van der Waals surface area contributed by atoms with E-state index >= 15 is 0 Å². The maximum absolute atomic E-state index is 10.7. The third-order valence-corrected chi connectivity index (χ3v) is 2.86. The summed E-state index contributed by atoms with van der Waals surface area (Å²) in [4.78, 5) is 13.9. The highest BCUT2D eigenvalue weighted by atomic mass is 16.6. The molecular formula is C11H14N4O5. The van der Waals surface area contributed by atoms with Gasteiger partial charge in [0.15, 0.2) is 5.84 Å². The van der Waals surface area contributed by atoms with Gasteiger partial charge in [0.2, 0.25) is 5.88 Å². The molecule has 1 saturated heterocycles. The SMILES string of the molecule is NC(=NO)c1cc([N+](=O)[O-])cnc1OCC1CCCO1. The van der Waals surface area contributed by atoms with E-state index < -0.39 is 4.92 Å². The number of nitrogens with zero attached hydrogens (tertiary/aromatic N) is 3. The number of hydrogen-bond donors (Lipinski definition) is 2. The predicted octanol–water partition coefficient (Wildman–Crippen LogP) is 0.642. The number of ether oxygens (including phenoxy) is 2. The molecule has 1 aliphatic heterocycles. The molecule has 0 amide bonds. The number of amidine groups is 1. The minimum atomic E-state index is -0.620. The molecule has 108 valence electrons. The highest BCUT2D eigenvalue weighted by Gasteiger charge is 2.20. The number of nitrogens with two attached hydrogens (primary N) is 1. The molecule has 1 unspecified atom stereocenters. The van der Waals surface area contributed by atoms with Gasteiger partial charge in [-0.3, -0.25) is 10.1 Å². The van der Waals surface area contributed by atoms with E-state index in [-0.39, 0.29) is 35.7 Å².